The van der Waals surface area contributed by atoms with Gasteiger partial charge in [0, 0.05) is 12.6 Å². The molecule has 27 heavy (non-hydrogen) atoms. The van der Waals surface area contributed by atoms with E-state index < -0.39 is 22.4 Å². The zero-order valence-electron chi connectivity index (χ0n) is 15.2. The van der Waals surface area contributed by atoms with Crippen LogP contribution in [-0.4, -0.2) is 69.1 Å². The van der Waals surface area contributed by atoms with Crippen molar-refractivity contribution in [3.8, 4) is 11.5 Å². The zero-order valence-corrected chi connectivity index (χ0v) is 16.0. The summed E-state index contributed by atoms with van der Waals surface area (Å²) in [6.07, 6.45) is 1.11. The van der Waals surface area contributed by atoms with Crippen molar-refractivity contribution < 1.29 is 32.2 Å². The van der Waals surface area contributed by atoms with E-state index in [1.54, 1.807) is 12.1 Å². The molecule has 2 heterocycles. The highest BCUT2D eigenvalue weighted by Gasteiger charge is 2.34. The number of ether oxygens (including phenoxy) is 3. The molecule has 0 aliphatic carbocycles. The molecule has 0 unspecified atom stereocenters. The van der Waals surface area contributed by atoms with Gasteiger partial charge in [-0.2, -0.15) is 0 Å². The maximum atomic E-state index is 12.5. The van der Waals surface area contributed by atoms with Crippen LogP contribution in [0.1, 0.15) is 30.1 Å². The molecular formula is C18H23NO7S. The van der Waals surface area contributed by atoms with Gasteiger partial charge >= 0.3 is 5.97 Å². The van der Waals surface area contributed by atoms with Gasteiger partial charge in [0.15, 0.2) is 27.9 Å². The van der Waals surface area contributed by atoms with E-state index in [2.05, 4.69) is 0 Å². The highest BCUT2D eigenvalue weighted by atomic mass is 32.2. The first-order valence-corrected chi connectivity index (χ1v) is 10.8. The smallest absolute Gasteiger partial charge is 0.338 e. The topological polar surface area (TPSA) is 99.2 Å². The Labute approximate surface area is 158 Å². The molecule has 0 aromatic heterocycles. The van der Waals surface area contributed by atoms with E-state index in [1.807, 2.05) is 6.92 Å². The highest BCUT2D eigenvalue weighted by molar-refractivity contribution is 7.91. The van der Waals surface area contributed by atoms with E-state index in [1.165, 1.54) is 11.0 Å². The first kappa shape index (κ1) is 19.5. The van der Waals surface area contributed by atoms with Crippen molar-refractivity contribution in [2.45, 2.75) is 25.8 Å². The molecule has 148 valence electrons. The second kappa shape index (κ2) is 8.16. The van der Waals surface area contributed by atoms with Crippen molar-refractivity contribution in [2.24, 2.45) is 0 Å². The summed E-state index contributed by atoms with van der Waals surface area (Å²) < 4.78 is 39.4. The van der Waals surface area contributed by atoms with Gasteiger partial charge in [-0.1, -0.05) is 6.92 Å². The molecule has 2 aliphatic rings. The monoisotopic (exact) mass is 397 g/mol. The Hall–Kier alpha value is -2.29. The molecule has 2 aliphatic heterocycles. The number of fused-ring (bicyclic) bond motifs is 1. The molecule has 0 bridgehead atoms. The maximum absolute atomic E-state index is 12.5. The minimum atomic E-state index is -3.10. The van der Waals surface area contributed by atoms with E-state index in [9.17, 15) is 18.0 Å². The molecule has 1 aromatic rings. The minimum absolute atomic E-state index is 0.0329. The van der Waals surface area contributed by atoms with Crippen LogP contribution >= 0.6 is 0 Å². The predicted octanol–water partition coefficient (Wildman–Crippen LogP) is 1.04. The van der Waals surface area contributed by atoms with Gasteiger partial charge in [0.2, 0.25) is 0 Å². The summed E-state index contributed by atoms with van der Waals surface area (Å²) in [4.78, 5) is 26.3. The van der Waals surface area contributed by atoms with Gasteiger partial charge < -0.3 is 19.1 Å². The molecule has 1 saturated heterocycles. The number of sulfone groups is 1. The van der Waals surface area contributed by atoms with E-state index in [0.29, 0.717) is 44.1 Å². The minimum Gasteiger partial charge on any atom is -0.486 e. The van der Waals surface area contributed by atoms with Crippen LogP contribution in [0.4, 0.5) is 0 Å². The Morgan fingerprint density at radius 1 is 1.22 bits per heavy atom. The summed E-state index contributed by atoms with van der Waals surface area (Å²) in [5.41, 5.74) is 0.262. The van der Waals surface area contributed by atoms with Crippen LogP contribution in [0.5, 0.6) is 11.5 Å². The molecule has 0 N–H and O–H groups in total. The van der Waals surface area contributed by atoms with Crippen LogP contribution < -0.4 is 9.47 Å². The second-order valence-corrected chi connectivity index (χ2v) is 8.81. The third kappa shape index (κ3) is 4.71. The molecule has 8 nitrogen and oxygen atoms in total. The van der Waals surface area contributed by atoms with Crippen molar-refractivity contribution in [3.05, 3.63) is 23.8 Å². The Morgan fingerprint density at radius 2 is 1.96 bits per heavy atom. The van der Waals surface area contributed by atoms with Crippen LogP contribution in [0, 0.1) is 0 Å². The summed E-state index contributed by atoms with van der Waals surface area (Å²) in [6, 6.07) is 4.35. The number of carbonyl (C=O) groups is 2. The average Bonchev–Trinajstić information content (AvgIpc) is 3.02. The van der Waals surface area contributed by atoms with Crippen LogP contribution in [0.25, 0.3) is 0 Å². The van der Waals surface area contributed by atoms with Crippen molar-refractivity contribution in [1.82, 2.24) is 4.90 Å². The summed E-state index contributed by atoms with van der Waals surface area (Å²) in [7, 11) is -3.10. The Bertz CT molecular complexity index is 821. The van der Waals surface area contributed by atoms with Crippen molar-refractivity contribution in [2.75, 3.05) is 37.9 Å². The summed E-state index contributed by atoms with van der Waals surface area (Å²) in [5.74, 6) is 0.0497. The Kier molecular flexibility index (Phi) is 5.88. The molecule has 0 spiro atoms. The number of carbonyl (C=O) groups excluding carboxylic acids is 2. The standard InChI is InChI=1S/C18H23NO7S/c1-2-6-19(14-5-9-27(22,23)12-14)17(20)11-26-18(21)13-3-4-15-16(10-13)25-8-7-24-15/h3-4,10,14H,2,5-9,11-12H2,1H3/t14-/m1/s1. The third-order valence-corrected chi connectivity index (χ3v) is 6.29. The molecule has 1 fully saturated rings. The van der Waals surface area contributed by atoms with E-state index in [-0.39, 0.29) is 29.0 Å². The lowest BCUT2D eigenvalue weighted by Gasteiger charge is -2.27. The largest absolute Gasteiger partial charge is 0.486 e. The van der Waals surface area contributed by atoms with Crippen LogP contribution in [-0.2, 0) is 19.4 Å². The third-order valence-electron chi connectivity index (χ3n) is 4.54. The first-order chi connectivity index (χ1) is 12.9. The summed E-state index contributed by atoms with van der Waals surface area (Å²) in [6.45, 7) is 2.77. The lowest BCUT2D eigenvalue weighted by atomic mass is 10.2. The quantitative estimate of drug-likeness (QED) is 0.661. The van der Waals surface area contributed by atoms with Gasteiger partial charge in [-0.05, 0) is 31.0 Å². The SMILES string of the molecule is CCCN(C(=O)COC(=O)c1ccc2c(c1)OCCO2)[C@@H]1CCS(=O)(=O)C1. The lowest BCUT2D eigenvalue weighted by Crippen LogP contribution is -2.43. The molecule has 1 aromatic carbocycles. The summed E-state index contributed by atoms with van der Waals surface area (Å²) in [5, 5.41) is 0. The number of rotatable bonds is 6. The number of benzene rings is 1. The Balaban J connectivity index is 1.60. The normalized spacial score (nSPS) is 20.1. The van der Waals surface area contributed by atoms with Crippen molar-refractivity contribution >= 4 is 21.7 Å². The second-order valence-electron chi connectivity index (χ2n) is 6.58. The number of hydrogen-bond donors (Lipinski definition) is 0. The zero-order chi connectivity index (χ0) is 19.4. The van der Waals surface area contributed by atoms with Gasteiger partial charge in [0.05, 0.1) is 17.1 Å². The average molecular weight is 397 g/mol. The van der Waals surface area contributed by atoms with Gasteiger partial charge in [0.25, 0.3) is 5.91 Å². The van der Waals surface area contributed by atoms with E-state index in [0.717, 1.165) is 0 Å². The lowest BCUT2D eigenvalue weighted by molar-refractivity contribution is -0.136. The number of amides is 1. The van der Waals surface area contributed by atoms with Crippen molar-refractivity contribution in [3.63, 3.8) is 0 Å². The molecule has 1 amide bonds. The van der Waals surface area contributed by atoms with Gasteiger partial charge in [-0.15, -0.1) is 0 Å². The maximum Gasteiger partial charge on any atom is 0.338 e. The summed E-state index contributed by atoms with van der Waals surface area (Å²) >= 11 is 0. The molecule has 0 saturated carbocycles. The van der Waals surface area contributed by atoms with Crippen LogP contribution in [0.3, 0.4) is 0 Å². The number of esters is 1. The van der Waals surface area contributed by atoms with Gasteiger partial charge in [-0.3, -0.25) is 4.79 Å². The highest BCUT2D eigenvalue weighted by Crippen LogP contribution is 2.31. The fourth-order valence-electron chi connectivity index (χ4n) is 3.24. The van der Waals surface area contributed by atoms with Crippen molar-refractivity contribution in [1.29, 1.82) is 0 Å². The number of nitrogens with zero attached hydrogens (tertiary/aromatic N) is 1. The molecular weight excluding hydrogens is 374 g/mol. The number of hydrogen-bond acceptors (Lipinski definition) is 7. The Morgan fingerprint density at radius 3 is 2.63 bits per heavy atom. The van der Waals surface area contributed by atoms with Crippen LogP contribution in [0.2, 0.25) is 0 Å². The molecule has 0 radical (unpaired) electrons. The van der Waals surface area contributed by atoms with E-state index in [4.69, 9.17) is 14.2 Å². The first-order valence-electron chi connectivity index (χ1n) is 8.96. The fourth-order valence-corrected chi connectivity index (χ4v) is 4.97. The molecule has 3 rings (SSSR count). The van der Waals surface area contributed by atoms with Crippen LogP contribution in [0.15, 0.2) is 18.2 Å². The predicted molar refractivity (Wildman–Crippen MR) is 96.8 cm³/mol. The van der Waals surface area contributed by atoms with E-state index >= 15 is 0 Å². The molecule has 1 atom stereocenters. The fraction of sp³-hybridized carbons (Fsp3) is 0.556. The van der Waals surface area contributed by atoms with Gasteiger partial charge in [0.1, 0.15) is 13.2 Å². The molecule has 9 heteroatoms. The van der Waals surface area contributed by atoms with Gasteiger partial charge in [-0.25, -0.2) is 13.2 Å².